The van der Waals surface area contributed by atoms with Gasteiger partial charge in [0, 0.05) is 29.1 Å². The van der Waals surface area contributed by atoms with Crippen molar-refractivity contribution in [3.8, 4) is 5.75 Å². The van der Waals surface area contributed by atoms with E-state index in [1.807, 2.05) is 11.5 Å². The van der Waals surface area contributed by atoms with E-state index in [1.54, 1.807) is 12.4 Å². The fraction of sp³-hybridized carbons (Fsp3) is 0.250. The third-order valence-electron chi connectivity index (χ3n) is 2.76. The minimum Gasteiger partial charge on any atom is -0.490 e. The zero-order valence-corrected chi connectivity index (χ0v) is 14.0. The van der Waals surface area contributed by atoms with Gasteiger partial charge in [-0.3, -0.25) is 0 Å². The van der Waals surface area contributed by atoms with Crippen molar-refractivity contribution < 1.29 is 17.5 Å². The van der Waals surface area contributed by atoms with Gasteiger partial charge in [0.15, 0.2) is 0 Å². The first-order valence-corrected chi connectivity index (χ1v) is 8.93. The van der Waals surface area contributed by atoms with Crippen molar-refractivity contribution in [3.05, 3.63) is 40.6 Å². The molecule has 0 amide bonds. The summed E-state index contributed by atoms with van der Waals surface area (Å²) in [7, 11) is 1.00. The number of halogens is 3. The smallest absolute Gasteiger partial charge is 0.264 e. The highest BCUT2D eigenvalue weighted by Crippen LogP contribution is 2.31. The molecular formula is C12H11BrClFN2O3S. The second-order valence-electron chi connectivity index (χ2n) is 4.17. The highest BCUT2D eigenvalue weighted by molar-refractivity contribution is 9.10. The molecule has 0 bridgehead atoms. The van der Waals surface area contributed by atoms with Crippen molar-refractivity contribution in [2.24, 2.45) is 0 Å². The van der Waals surface area contributed by atoms with E-state index in [0.717, 1.165) is 18.0 Å². The van der Waals surface area contributed by atoms with Crippen molar-refractivity contribution in [1.82, 2.24) is 9.55 Å². The second kappa shape index (κ2) is 6.33. The maximum atomic E-state index is 13.7. The summed E-state index contributed by atoms with van der Waals surface area (Å²) in [6.07, 6.45) is 3.47. The fourth-order valence-electron chi connectivity index (χ4n) is 1.70. The van der Waals surface area contributed by atoms with E-state index in [-0.39, 0.29) is 12.4 Å². The van der Waals surface area contributed by atoms with Gasteiger partial charge < -0.3 is 9.30 Å². The highest BCUT2D eigenvalue weighted by atomic mass is 79.9. The van der Waals surface area contributed by atoms with Gasteiger partial charge in [0.1, 0.15) is 28.9 Å². The lowest BCUT2D eigenvalue weighted by Crippen LogP contribution is -2.09. The maximum Gasteiger partial charge on any atom is 0.264 e. The van der Waals surface area contributed by atoms with Crippen LogP contribution in [0.25, 0.3) is 0 Å². The molecule has 0 atom stereocenters. The van der Waals surface area contributed by atoms with Crippen LogP contribution >= 0.6 is 26.6 Å². The number of benzene rings is 1. The number of aryl methyl sites for hydroxylation is 1. The van der Waals surface area contributed by atoms with Crippen LogP contribution in [0.2, 0.25) is 0 Å². The second-order valence-corrected chi connectivity index (χ2v) is 7.56. The molecule has 2 rings (SSSR count). The zero-order valence-electron chi connectivity index (χ0n) is 10.9. The van der Waals surface area contributed by atoms with Crippen molar-refractivity contribution in [2.75, 3.05) is 6.61 Å². The molecule has 2 aromatic rings. The third kappa shape index (κ3) is 3.96. The van der Waals surface area contributed by atoms with Gasteiger partial charge in [-0.15, -0.1) is 0 Å². The van der Waals surface area contributed by atoms with E-state index >= 15 is 0 Å². The quantitative estimate of drug-likeness (QED) is 0.727. The van der Waals surface area contributed by atoms with Crippen LogP contribution in [0, 0.1) is 12.7 Å². The summed E-state index contributed by atoms with van der Waals surface area (Å²) in [6.45, 7) is 2.67. The number of hydrogen-bond acceptors (Lipinski definition) is 4. The summed E-state index contributed by atoms with van der Waals surface area (Å²) in [5.74, 6) is 0.0868. The summed E-state index contributed by atoms with van der Waals surface area (Å²) in [5, 5.41) is 0. The largest absolute Gasteiger partial charge is 0.490 e. The number of aromatic nitrogens is 2. The Balaban J connectivity index is 2.11. The molecule has 21 heavy (non-hydrogen) atoms. The third-order valence-corrected chi connectivity index (χ3v) is 4.72. The Labute approximate surface area is 134 Å². The van der Waals surface area contributed by atoms with Crippen LogP contribution in [0.4, 0.5) is 4.39 Å². The van der Waals surface area contributed by atoms with Gasteiger partial charge in [0.25, 0.3) is 9.05 Å². The molecule has 1 heterocycles. The summed E-state index contributed by atoms with van der Waals surface area (Å²) >= 11 is 3.13. The monoisotopic (exact) mass is 396 g/mol. The Morgan fingerprint density at radius 1 is 1.48 bits per heavy atom. The van der Waals surface area contributed by atoms with Crippen LogP contribution in [0.5, 0.6) is 5.75 Å². The fourth-order valence-corrected chi connectivity index (χ4v) is 3.22. The number of imidazole rings is 1. The number of nitrogens with zero attached hydrogens (tertiary/aromatic N) is 2. The first-order valence-electron chi connectivity index (χ1n) is 5.83. The van der Waals surface area contributed by atoms with Crippen LogP contribution in [-0.4, -0.2) is 24.6 Å². The molecule has 1 aromatic heterocycles. The molecule has 0 aliphatic heterocycles. The molecule has 0 aliphatic rings. The van der Waals surface area contributed by atoms with E-state index in [1.165, 1.54) is 0 Å². The Hall–Kier alpha value is -1.12. The van der Waals surface area contributed by atoms with Gasteiger partial charge in [0.2, 0.25) is 0 Å². The van der Waals surface area contributed by atoms with Gasteiger partial charge in [-0.05, 0) is 28.9 Å². The van der Waals surface area contributed by atoms with Crippen molar-refractivity contribution in [2.45, 2.75) is 18.4 Å². The van der Waals surface area contributed by atoms with Crippen LogP contribution in [-0.2, 0) is 15.6 Å². The maximum absolute atomic E-state index is 13.7. The average Bonchev–Trinajstić information content (AvgIpc) is 2.77. The number of rotatable bonds is 5. The normalized spacial score (nSPS) is 11.6. The van der Waals surface area contributed by atoms with Gasteiger partial charge in [0.05, 0.1) is 11.0 Å². The predicted octanol–water partition coefficient (Wildman–Crippen LogP) is 3.10. The van der Waals surface area contributed by atoms with Crippen LogP contribution < -0.4 is 4.74 Å². The molecule has 0 spiro atoms. The highest BCUT2D eigenvalue weighted by Gasteiger charge is 2.19. The molecule has 114 valence electrons. The first-order chi connectivity index (χ1) is 9.79. The molecule has 0 saturated heterocycles. The van der Waals surface area contributed by atoms with Crippen molar-refractivity contribution in [1.29, 1.82) is 0 Å². The summed E-state index contributed by atoms with van der Waals surface area (Å²) in [5.41, 5.74) is 0. The lowest BCUT2D eigenvalue weighted by atomic mass is 10.3. The summed E-state index contributed by atoms with van der Waals surface area (Å²) in [4.78, 5) is 3.48. The van der Waals surface area contributed by atoms with Crippen molar-refractivity contribution in [3.63, 3.8) is 0 Å². The van der Waals surface area contributed by atoms with E-state index < -0.39 is 19.8 Å². The molecule has 0 N–H and O–H groups in total. The van der Waals surface area contributed by atoms with Gasteiger partial charge in [-0.25, -0.2) is 17.8 Å². The summed E-state index contributed by atoms with van der Waals surface area (Å²) < 4.78 is 43.7. The van der Waals surface area contributed by atoms with Gasteiger partial charge in [-0.2, -0.15) is 0 Å². The van der Waals surface area contributed by atoms with E-state index in [9.17, 15) is 12.8 Å². The first kappa shape index (κ1) is 16.3. The Kier molecular flexibility index (Phi) is 4.90. The van der Waals surface area contributed by atoms with E-state index in [0.29, 0.717) is 11.0 Å². The number of ether oxygens (including phenoxy) is 1. The SMILES string of the molecule is Cc1nccn1CCOc1cc(F)c(S(=O)(=O)Cl)cc1Br. The predicted molar refractivity (Wildman–Crippen MR) is 79.6 cm³/mol. The minimum atomic E-state index is -4.14. The Bertz CT molecular complexity index is 764. The molecule has 0 fully saturated rings. The molecule has 0 saturated carbocycles. The average molecular weight is 398 g/mol. The molecular weight excluding hydrogens is 387 g/mol. The molecule has 0 unspecified atom stereocenters. The molecule has 0 aliphatic carbocycles. The van der Waals surface area contributed by atoms with Crippen LogP contribution in [0.1, 0.15) is 5.82 Å². The van der Waals surface area contributed by atoms with Gasteiger partial charge in [-0.1, -0.05) is 0 Å². The molecule has 0 radical (unpaired) electrons. The lowest BCUT2D eigenvalue weighted by Gasteiger charge is -2.11. The molecule has 1 aromatic carbocycles. The van der Waals surface area contributed by atoms with Gasteiger partial charge >= 0.3 is 0 Å². The van der Waals surface area contributed by atoms with E-state index in [2.05, 4.69) is 20.9 Å². The summed E-state index contributed by atoms with van der Waals surface area (Å²) in [6, 6.07) is 2.07. The zero-order chi connectivity index (χ0) is 15.6. The molecule has 5 nitrogen and oxygen atoms in total. The minimum absolute atomic E-state index is 0.203. The topological polar surface area (TPSA) is 61.2 Å². The van der Waals surface area contributed by atoms with Crippen molar-refractivity contribution >= 4 is 35.7 Å². The lowest BCUT2D eigenvalue weighted by molar-refractivity contribution is 0.293. The van der Waals surface area contributed by atoms with Crippen LogP contribution in [0.3, 0.4) is 0 Å². The molecule has 9 heteroatoms. The Morgan fingerprint density at radius 2 is 2.19 bits per heavy atom. The Morgan fingerprint density at radius 3 is 2.76 bits per heavy atom. The standard InChI is InChI=1S/C12H11BrClFN2O3S/c1-8-16-2-3-17(8)4-5-20-11-7-10(15)12(6-9(11)13)21(14,18)19/h2-3,6-7H,4-5H2,1H3. The number of hydrogen-bond donors (Lipinski definition) is 0. The van der Waals surface area contributed by atoms with E-state index in [4.69, 9.17) is 15.4 Å². The van der Waals surface area contributed by atoms with Crippen LogP contribution in [0.15, 0.2) is 33.9 Å².